The Kier molecular flexibility index (Phi) is 5.38. The first-order valence-electron chi connectivity index (χ1n) is 7.22. The van der Waals surface area contributed by atoms with Gasteiger partial charge in [-0.25, -0.2) is 0 Å². The normalized spacial score (nSPS) is 32.8. The van der Waals surface area contributed by atoms with Crippen molar-refractivity contribution in [3.63, 3.8) is 0 Å². The molecule has 8 heteroatoms. The van der Waals surface area contributed by atoms with Crippen LogP contribution in [0.2, 0.25) is 0 Å². The van der Waals surface area contributed by atoms with Crippen molar-refractivity contribution in [2.24, 2.45) is 5.92 Å². The molecule has 0 aliphatic carbocycles. The van der Waals surface area contributed by atoms with Crippen molar-refractivity contribution in [1.29, 1.82) is 0 Å². The van der Waals surface area contributed by atoms with E-state index >= 15 is 0 Å². The Hall–Kier alpha value is -1.93. The van der Waals surface area contributed by atoms with E-state index in [0.29, 0.717) is 5.57 Å². The summed E-state index contributed by atoms with van der Waals surface area (Å²) in [6.45, 7) is 7.74. The Morgan fingerprint density at radius 3 is 2.26 bits per heavy atom. The summed E-state index contributed by atoms with van der Waals surface area (Å²) in [5.41, 5.74) is 0.685. The van der Waals surface area contributed by atoms with Crippen LogP contribution in [0.4, 0.5) is 0 Å². The number of hydrogen-bond acceptors (Lipinski definition) is 8. The predicted molar refractivity (Wildman–Crippen MR) is 75.0 cm³/mol. The quantitative estimate of drug-likeness (QED) is 0.414. The second-order valence-corrected chi connectivity index (χ2v) is 5.49. The minimum atomic E-state index is -0.921. The molecule has 2 fully saturated rings. The molecule has 0 aromatic heterocycles. The van der Waals surface area contributed by atoms with E-state index in [4.69, 9.17) is 23.7 Å². The maximum atomic E-state index is 11.5. The van der Waals surface area contributed by atoms with Crippen LogP contribution in [0.5, 0.6) is 0 Å². The zero-order chi connectivity index (χ0) is 17.1. The Balaban J connectivity index is 2.27. The van der Waals surface area contributed by atoms with Gasteiger partial charge in [-0.2, -0.15) is 0 Å². The van der Waals surface area contributed by atoms with Crippen molar-refractivity contribution >= 4 is 17.9 Å². The third-order valence-electron chi connectivity index (χ3n) is 3.61. The molecule has 0 N–H and O–H groups in total. The van der Waals surface area contributed by atoms with Gasteiger partial charge in [0.2, 0.25) is 0 Å². The molecule has 8 nitrogen and oxygen atoms in total. The number of carbonyl (C=O) groups excluding carboxylic acids is 3. The zero-order valence-electron chi connectivity index (χ0n) is 13.3. The monoisotopic (exact) mass is 328 g/mol. The smallest absolute Gasteiger partial charge is 0.303 e. The molecule has 0 amide bonds. The highest BCUT2D eigenvalue weighted by atomic mass is 16.7. The van der Waals surface area contributed by atoms with Crippen LogP contribution < -0.4 is 0 Å². The minimum Gasteiger partial charge on any atom is -0.463 e. The van der Waals surface area contributed by atoms with Gasteiger partial charge in [0.25, 0.3) is 0 Å². The van der Waals surface area contributed by atoms with Crippen LogP contribution in [0, 0.1) is 5.92 Å². The van der Waals surface area contributed by atoms with Gasteiger partial charge in [-0.15, -0.1) is 0 Å². The van der Waals surface area contributed by atoms with Crippen molar-refractivity contribution < 1.29 is 38.1 Å². The van der Waals surface area contributed by atoms with Crippen molar-refractivity contribution in [2.45, 2.75) is 45.4 Å². The third kappa shape index (κ3) is 4.08. The SMILES string of the molecule is C=C1CO[C@H]2O[C@H](COC(C)=O)[C@H](OC(C)=O)[C@H](OC(C)=O)[C@@H]12. The van der Waals surface area contributed by atoms with Gasteiger partial charge in [0, 0.05) is 20.8 Å². The lowest BCUT2D eigenvalue weighted by molar-refractivity contribution is -0.266. The molecule has 0 aromatic carbocycles. The molecule has 23 heavy (non-hydrogen) atoms. The number of esters is 3. The number of fused-ring (bicyclic) bond motifs is 1. The molecule has 0 aromatic rings. The van der Waals surface area contributed by atoms with Crippen LogP contribution >= 0.6 is 0 Å². The van der Waals surface area contributed by atoms with E-state index in [1.807, 2.05) is 0 Å². The second-order valence-electron chi connectivity index (χ2n) is 5.49. The van der Waals surface area contributed by atoms with Gasteiger partial charge in [-0.1, -0.05) is 6.58 Å². The molecule has 2 rings (SSSR count). The van der Waals surface area contributed by atoms with Gasteiger partial charge in [-0.3, -0.25) is 14.4 Å². The Morgan fingerprint density at radius 1 is 1.09 bits per heavy atom. The van der Waals surface area contributed by atoms with E-state index in [0.717, 1.165) is 0 Å². The van der Waals surface area contributed by atoms with E-state index in [-0.39, 0.29) is 13.2 Å². The first-order valence-corrected chi connectivity index (χ1v) is 7.22. The molecule has 128 valence electrons. The van der Waals surface area contributed by atoms with E-state index < -0.39 is 48.4 Å². The fourth-order valence-corrected chi connectivity index (χ4v) is 2.76. The second kappa shape index (κ2) is 7.10. The van der Waals surface area contributed by atoms with Crippen molar-refractivity contribution in [2.75, 3.05) is 13.2 Å². The molecule has 0 spiro atoms. The van der Waals surface area contributed by atoms with Crippen molar-refractivity contribution in [1.82, 2.24) is 0 Å². The maximum Gasteiger partial charge on any atom is 0.303 e. The molecule has 2 aliphatic rings. The van der Waals surface area contributed by atoms with Crippen LogP contribution in [-0.2, 0) is 38.1 Å². The summed E-state index contributed by atoms with van der Waals surface area (Å²) in [6.07, 6.45) is -3.24. The van der Waals surface area contributed by atoms with E-state index in [1.165, 1.54) is 20.8 Å². The van der Waals surface area contributed by atoms with Crippen LogP contribution in [0.25, 0.3) is 0 Å². The van der Waals surface area contributed by atoms with Crippen LogP contribution in [0.3, 0.4) is 0 Å². The summed E-state index contributed by atoms with van der Waals surface area (Å²) in [4.78, 5) is 33.9. The van der Waals surface area contributed by atoms with Crippen molar-refractivity contribution in [3.05, 3.63) is 12.2 Å². The molecule has 0 bridgehead atoms. The summed E-state index contributed by atoms with van der Waals surface area (Å²) in [5.74, 6) is -2.04. The van der Waals surface area contributed by atoms with Crippen molar-refractivity contribution in [3.8, 4) is 0 Å². The molecule has 2 aliphatic heterocycles. The number of carbonyl (C=O) groups is 3. The summed E-state index contributed by atoms with van der Waals surface area (Å²) in [6, 6.07) is 0. The predicted octanol–water partition coefficient (Wildman–Crippen LogP) is 0.340. The topological polar surface area (TPSA) is 97.4 Å². The largest absolute Gasteiger partial charge is 0.463 e. The molecule has 5 atom stereocenters. The highest BCUT2D eigenvalue weighted by Gasteiger charge is 2.53. The fraction of sp³-hybridized carbons (Fsp3) is 0.667. The Labute approximate surface area is 133 Å². The van der Waals surface area contributed by atoms with E-state index in [1.54, 1.807) is 0 Å². The van der Waals surface area contributed by atoms with Gasteiger partial charge in [-0.05, 0) is 5.57 Å². The molecular formula is C15H20O8. The number of rotatable bonds is 4. The Bertz CT molecular complexity index is 514. The lowest BCUT2D eigenvalue weighted by Gasteiger charge is -2.42. The first kappa shape index (κ1) is 17.4. The Morgan fingerprint density at radius 2 is 1.70 bits per heavy atom. The number of ether oxygens (including phenoxy) is 5. The minimum absolute atomic E-state index is 0.149. The summed E-state index contributed by atoms with van der Waals surface area (Å²) >= 11 is 0. The molecule has 0 saturated carbocycles. The lowest BCUT2D eigenvalue weighted by Crippen LogP contribution is -2.57. The highest BCUT2D eigenvalue weighted by molar-refractivity contribution is 5.68. The van der Waals surface area contributed by atoms with Gasteiger partial charge in [0.05, 0.1) is 12.5 Å². The molecular weight excluding hydrogens is 308 g/mol. The lowest BCUT2D eigenvalue weighted by atomic mass is 9.87. The average Bonchev–Trinajstić information content (AvgIpc) is 2.79. The summed E-state index contributed by atoms with van der Waals surface area (Å²) in [5, 5.41) is 0. The average molecular weight is 328 g/mol. The standard InChI is InChI=1S/C15H20O8/c1-7-5-20-15-12(7)14(22-10(4)18)13(21-9(3)17)11(23-15)6-19-8(2)16/h11-15H,1,5-6H2,2-4H3/t11-,12-,13+,14-,15+/m1/s1. The molecule has 0 unspecified atom stereocenters. The summed E-state index contributed by atoms with van der Waals surface area (Å²) < 4.78 is 26.8. The van der Waals surface area contributed by atoms with E-state index in [9.17, 15) is 14.4 Å². The first-order chi connectivity index (χ1) is 10.8. The summed E-state index contributed by atoms with van der Waals surface area (Å²) in [7, 11) is 0. The van der Waals surface area contributed by atoms with Gasteiger partial charge in [0.15, 0.2) is 18.5 Å². The van der Waals surface area contributed by atoms with Gasteiger partial charge >= 0.3 is 17.9 Å². The number of hydrogen-bond donors (Lipinski definition) is 0. The van der Waals surface area contributed by atoms with E-state index in [2.05, 4.69) is 6.58 Å². The van der Waals surface area contributed by atoms with Gasteiger partial charge < -0.3 is 23.7 Å². The molecule has 2 heterocycles. The van der Waals surface area contributed by atoms with Crippen LogP contribution in [0.1, 0.15) is 20.8 Å². The van der Waals surface area contributed by atoms with Crippen LogP contribution in [-0.4, -0.2) is 55.7 Å². The fourth-order valence-electron chi connectivity index (χ4n) is 2.76. The molecule has 0 radical (unpaired) electrons. The van der Waals surface area contributed by atoms with Crippen LogP contribution in [0.15, 0.2) is 12.2 Å². The molecule has 2 saturated heterocycles. The third-order valence-corrected chi connectivity index (χ3v) is 3.61. The highest BCUT2D eigenvalue weighted by Crippen LogP contribution is 2.39. The maximum absolute atomic E-state index is 11.5. The van der Waals surface area contributed by atoms with Gasteiger partial charge in [0.1, 0.15) is 12.7 Å². The zero-order valence-corrected chi connectivity index (χ0v) is 13.3.